The lowest BCUT2D eigenvalue weighted by Crippen LogP contribution is -2.01. The van der Waals surface area contributed by atoms with E-state index in [0.29, 0.717) is 0 Å². The van der Waals surface area contributed by atoms with E-state index in [1.807, 2.05) is 25.1 Å². The van der Waals surface area contributed by atoms with Gasteiger partial charge in [0.25, 0.3) is 0 Å². The second-order valence-corrected chi connectivity index (χ2v) is 2.54. The normalized spacial score (nSPS) is 9.58. The zero-order valence-corrected chi connectivity index (χ0v) is 7.29. The van der Waals surface area contributed by atoms with Gasteiger partial charge < -0.3 is 15.2 Å². The molecule has 0 saturated heterocycles. The number of rotatable bonds is 3. The molecule has 0 saturated carbocycles. The maximum absolute atomic E-state index is 8.66. The quantitative estimate of drug-likeness (QED) is 0.668. The van der Waals surface area contributed by atoms with Gasteiger partial charge in [-0.15, -0.1) is 0 Å². The zero-order chi connectivity index (χ0) is 8.97. The molecule has 0 aliphatic rings. The van der Waals surface area contributed by atoms with Gasteiger partial charge in [0.15, 0.2) is 0 Å². The summed E-state index contributed by atoms with van der Waals surface area (Å²) in [6.07, 6.45) is 0. The minimum Gasteiger partial charge on any atom is -0.495 e. The number of anilines is 1. The zero-order valence-electron chi connectivity index (χ0n) is 7.29. The van der Waals surface area contributed by atoms with Crippen molar-refractivity contribution in [3.05, 3.63) is 23.8 Å². The smallest absolute Gasteiger partial charge is 0.142 e. The van der Waals surface area contributed by atoms with Crippen molar-refractivity contribution in [3.8, 4) is 5.75 Å². The number of hydrogen-bond acceptors (Lipinski definition) is 3. The van der Waals surface area contributed by atoms with E-state index < -0.39 is 0 Å². The van der Waals surface area contributed by atoms with E-state index in [1.165, 1.54) is 0 Å². The van der Waals surface area contributed by atoms with Crippen molar-refractivity contribution in [2.24, 2.45) is 0 Å². The van der Waals surface area contributed by atoms with Gasteiger partial charge in [-0.3, -0.25) is 0 Å². The van der Waals surface area contributed by atoms with Gasteiger partial charge in [0.2, 0.25) is 0 Å². The molecule has 1 aromatic carbocycles. The van der Waals surface area contributed by atoms with E-state index in [2.05, 4.69) is 5.32 Å². The van der Waals surface area contributed by atoms with Gasteiger partial charge in [-0.1, -0.05) is 6.07 Å². The van der Waals surface area contributed by atoms with Gasteiger partial charge in [-0.05, 0) is 24.6 Å². The lowest BCUT2D eigenvalue weighted by Gasteiger charge is -2.09. The van der Waals surface area contributed by atoms with Gasteiger partial charge in [-0.25, -0.2) is 0 Å². The van der Waals surface area contributed by atoms with E-state index in [1.54, 1.807) is 7.11 Å². The Balaban J connectivity index is 2.95. The highest BCUT2D eigenvalue weighted by Gasteiger charge is 2.00. The van der Waals surface area contributed by atoms with Crippen molar-refractivity contribution in [1.82, 2.24) is 0 Å². The summed E-state index contributed by atoms with van der Waals surface area (Å²) in [5.41, 5.74) is 1.95. The molecule has 0 atom stereocenters. The van der Waals surface area contributed by atoms with Crippen molar-refractivity contribution >= 4 is 5.69 Å². The van der Waals surface area contributed by atoms with Crippen LogP contribution in [0.4, 0.5) is 5.69 Å². The largest absolute Gasteiger partial charge is 0.495 e. The first-order chi connectivity index (χ1) is 5.77. The van der Waals surface area contributed by atoms with Gasteiger partial charge in [-0.2, -0.15) is 0 Å². The Morgan fingerprint density at radius 1 is 1.50 bits per heavy atom. The molecule has 0 aliphatic heterocycles. The third-order valence-corrected chi connectivity index (χ3v) is 1.62. The monoisotopic (exact) mass is 167 g/mol. The van der Waals surface area contributed by atoms with Crippen molar-refractivity contribution in [2.45, 2.75) is 6.92 Å². The van der Waals surface area contributed by atoms with Gasteiger partial charge in [0.05, 0.1) is 12.8 Å². The Morgan fingerprint density at radius 2 is 2.25 bits per heavy atom. The van der Waals surface area contributed by atoms with E-state index in [4.69, 9.17) is 9.84 Å². The predicted octanol–water partition coefficient (Wildman–Crippen LogP) is 1.37. The minimum atomic E-state index is -0.0835. The highest BCUT2D eigenvalue weighted by atomic mass is 16.5. The molecule has 0 bridgehead atoms. The van der Waals surface area contributed by atoms with Crippen molar-refractivity contribution in [1.29, 1.82) is 0 Å². The van der Waals surface area contributed by atoms with Crippen LogP contribution in [-0.4, -0.2) is 18.9 Å². The van der Waals surface area contributed by atoms with Crippen LogP contribution in [-0.2, 0) is 0 Å². The SMILES string of the molecule is COc1ccc(C)cc1NCO. The molecule has 0 amide bonds. The topological polar surface area (TPSA) is 41.5 Å². The van der Waals surface area contributed by atoms with Crippen LogP contribution in [0.5, 0.6) is 5.75 Å². The summed E-state index contributed by atoms with van der Waals surface area (Å²) >= 11 is 0. The van der Waals surface area contributed by atoms with Crippen LogP contribution in [0, 0.1) is 6.92 Å². The van der Waals surface area contributed by atoms with E-state index >= 15 is 0 Å². The van der Waals surface area contributed by atoms with Crippen LogP contribution >= 0.6 is 0 Å². The van der Waals surface area contributed by atoms with Gasteiger partial charge in [0.1, 0.15) is 12.5 Å². The molecule has 3 nitrogen and oxygen atoms in total. The Hall–Kier alpha value is -1.22. The number of nitrogens with one attached hydrogen (secondary N) is 1. The maximum Gasteiger partial charge on any atom is 0.142 e. The summed E-state index contributed by atoms with van der Waals surface area (Å²) in [4.78, 5) is 0. The summed E-state index contributed by atoms with van der Waals surface area (Å²) in [5, 5.41) is 11.5. The molecule has 0 aromatic heterocycles. The van der Waals surface area contributed by atoms with Crippen LogP contribution in [0.25, 0.3) is 0 Å². The standard InChI is InChI=1S/C9H13NO2/c1-7-3-4-9(12-2)8(5-7)10-6-11/h3-5,10-11H,6H2,1-2H3. The second kappa shape index (κ2) is 3.97. The molecule has 0 spiro atoms. The molecule has 1 aromatic rings. The average molecular weight is 167 g/mol. The van der Waals surface area contributed by atoms with Crippen LogP contribution in [0.15, 0.2) is 18.2 Å². The highest BCUT2D eigenvalue weighted by Crippen LogP contribution is 2.24. The Labute approximate surface area is 72.0 Å². The van der Waals surface area contributed by atoms with Crippen LogP contribution < -0.4 is 10.1 Å². The molecule has 0 unspecified atom stereocenters. The fraction of sp³-hybridized carbons (Fsp3) is 0.333. The van der Waals surface area contributed by atoms with Crippen molar-refractivity contribution in [2.75, 3.05) is 19.2 Å². The molecular formula is C9H13NO2. The highest BCUT2D eigenvalue weighted by molar-refractivity contribution is 5.57. The van der Waals surface area contributed by atoms with E-state index in [9.17, 15) is 0 Å². The Bertz CT molecular complexity index is 261. The van der Waals surface area contributed by atoms with Gasteiger partial charge >= 0.3 is 0 Å². The average Bonchev–Trinajstić information content (AvgIpc) is 2.05. The number of aliphatic hydroxyl groups excluding tert-OH is 1. The number of benzene rings is 1. The molecule has 3 heteroatoms. The Morgan fingerprint density at radius 3 is 2.83 bits per heavy atom. The first-order valence-corrected chi connectivity index (χ1v) is 3.77. The third-order valence-electron chi connectivity index (χ3n) is 1.62. The molecule has 66 valence electrons. The first kappa shape index (κ1) is 8.87. The number of aryl methyl sites for hydroxylation is 1. The summed E-state index contributed by atoms with van der Waals surface area (Å²) in [5.74, 6) is 0.745. The second-order valence-electron chi connectivity index (χ2n) is 2.54. The first-order valence-electron chi connectivity index (χ1n) is 3.77. The summed E-state index contributed by atoms with van der Waals surface area (Å²) in [6.45, 7) is 1.90. The summed E-state index contributed by atoms with van der Waals surface area (Å²) in [7, 11) is 1.60. The number of aliphatic hydroxyl groups is 1. The maximum atomic E-state index is 8.66. The molecule has 0 heterocycles. The molecule has 1 rings (SSSR count). The Kier molecular flexibility index (Phi) is 2.94. The lowest BCUT2D eigenvalue weighted by molar-refractivity contribution is 0.324. The van der Waals surface area contributed by atoms with Crippen LogP contribution in [0.2, 0.25) is 0 Å². The molecule has 12 heavy (non-hydrogen) atoms. The molecule has 0 fully saturated rings. The summed E-state index contributed by atoms with van der Waals surface area (Å²) in [6, 6.07) is 5.75. The number of methoxy groups -OCH3 is 1. The third kappa shape index (κ3) is 1.89. The van der Waals surface area contributed by atoms with Gasteiger partial charge in [0, 0.05) is 0 Å². The van der Waals surface area contributed by atoms with Crippen LogP contribution in [0.1, 0.15) is 5.56 Å². The van der Waals surface area contributed by atoms with Crippen molar-refractivity contribution < 1.29 is 9.84 Å². The number of ether oxygens (including phenoxy) is 1. The minimum absolute atomic E-state index is 0.0835. The lowest BCUT2D eigenvalue weighted by atomic mass is 10.2. The van der Waals surface area contributed by atoms with Crippen LogP contribution in [0.3, 0.4) is 0 Å². The van der Waals surface area contributed by atoms with E-state index in [0.717, 1.165) is 17.0 Å². The molecular weight excluding hydrogens is 154 g/mol. The summed E-state index contributed by atoms with van der Waals surface area (Å²) < 4.78 is 5.08. The molecule has 2 N–H and O–H groups in total. The van der Waals surface area contributed by atoms with E-state index in [-0.39, 0.29) is 6.73 Å². The predicted molar refractivity (Wildman–Crippen MR) is 48.4 cm³/mol. The fourth-order valence-corrected chi connectivity index (χ4v) is 1.05. The number of hydrogen-bond donors (Lipinski definition) is 2. The molecule has 0 radical (unpaired) electrons. The fourth-order valence-electron chi connectivity index (χ4n) is 1.05. The molecule has 0 aliphatic carbocycles. The van der Waals surface area contributed by atoms with Crippen molar-refractivity contribution in [3.63, 3.8) is 0 Å².